The molecule has 0 fully saturated rings. The number of halogens is 1. The van der Waals surface area contributed by atoms with Crippen LogP contribution in [0, 0.1) is 6.92 Å². The van der Waals surface area contributed by atoms with Crippen LogP contribution in [0.3, 0.4) is 0 Å². The molecule has 0 aliphatic carbocycles. The van der Waals surface area contributed by atoms with E-state index in [2.05, 4.69) is 23.8 Å². The van der Waals surface area contributed by atoms with Gasteiger partial charge in [0.25, 0.3) is 0 Å². The summed E-state index contributed by atoms with van der Waals surface area (Å²) in [5.41, 5.74) is 4.07. The van der Waals surface area contributed by atoms with E-state index in [1.807, 2.05) is 24.6 Å². The number of carbonyl (C=O) groups is 1. The van der Waals surface area contributed by atoms with Crippen LogP contribution in [-0.4, -0.2) is 15.8 Å². The molecule has 0 N–H and O–H groups in total. The highest BCUT2D eigenvalue weighted by Gasteiger charge is 2.18. The molecule has 3 rings (SSSR count). The molecule has 3 aromatic heterocycles. The van der Waals surface area contributed by atoms with Gasteiger partial charge < -0.3 is 0 Å². The lowest BCUT2D eigenvalue weighted by atomic mass is 9.94. The van der Waals surface area contributed by atoms with Crippen molar-refractivity contribution in [2.45, 2.75) is 39.5 Å². The highest BCUT2D eigenvalue weighted by atomic mass is 35.5. The van der Waals surface area contributed by atoms with Gasteiger partial charge in [-0.15, -0.1) is 11.3 Å². The molecule has 3 aromatic rings. The first-order chi connectivity index (χ1) is 10.9. The first kappa shape index (κ1) is 16.6. The second-order valence-corrected chi connectivity index (χ2v) is 8.61. The second-order valence-electron chi connectivity index (χ2n) is 5.89. The minimum Gasteiger partial charge on any atom is -0.299 e. The Bertz CT molecular complexity index is 867. The summed E-state index contributed by atoms with van der Waals surface area (Å²) >= 11 is 8.98. The quantitative estimate of drug-likeness (QED) is 0.625. The molecular weight excluding hydrogens is 348 g/mol. The predicted octanol–water partition coefficient (Wildman–Crippen LogP) is 5.19. The number of pyridine rings is 1. The molecule has 23 heavy (non-hydrogen) atoms. The zero-order valence-electron chi connectivity index (χ0n) is 13.2. The molecule has 3 nitrogen and oxygen atoms in total. The van der Waals surface area contributed by atoms with Gasteiger partial charge in [0.1, 0.15) is 16.1 Å². The first-order valence-electron chi connectivity index (χ1n) is 7.43. The zero-order valence-corrected chi connectivity index (χ0v) is 15.6. The molecule has 120 valence electrons. The molecule has 0 aliphatic heterocycles. The number of nitrogens with zero attached hydrogens (tertiary/aromatic N) is 2. The fourth-order valence-corrected chi connectivity index (χ4v) is 4.45. The van der Waals surface area contributed by atoms with Gasteiger partial charge in [-0.3, -0.25) is 4.79 Å². The van der Waals surface area contributed by atoms with Crippen LogP contribution in [0.5, 0.6) is 0 Å². The minimum absolute atomic E-state index is 0.175. The molecule has 0 spiro atoms. The number of aromatic nitrogens is 2. The molecule has 0 radical (unpaired) electrons. The van der Waals surface area contributed by atoms with Crippen LogP contribution in [0.15, 0.2) is 17.6 Å². The monoisotopic (exact) mass is 364 g/mol. The Kier molecular flexibility index (Phi) is 4.80. The van der Waals surface area contributed by atoms with Crippen LogP contribution in [-0.2, 0) is 17.6 Å². The molecule has 0 unspecified atom stereocenters. The lowest BCUT2D eigenvalue weighted by Crippen LogP contribution is -2.09. The number of Topliss-reactive ketones (excluding diaryl/α,β-unsaturated/α-hetero) is 1. The number of thiophene rings is 1. The van der Waals surface area contributed by atoms with Crippen molar-refractivity contribution >= 4 is 50.4 Å². The number of aryl methyl sites for hydroxylation is 1. The summed E-state index contributed by atoms with van der Waals surface area (Å²) in [6.45, 7) is 6.26. The number of hydrogen-bond donors (Lipinski definition) is 0. The molecule has 3 heterocycles. The molecule has 0 aliphatic rings. The van der Waals surface area contributed by atoms with Crippen molar-refractivity contribution in [1.82, 2.24) is 9.97 Å². The summed E-state index contributed by atoms with van der Waals surface area (Å²) in [7, 11) is 0. The smallest absolute Gasteiger partial charge is 0.143 e. The summed E-state index contributed by atoms with van der Waals surface area (Å²) in [4.78, 5) is 22.5. The Morgan fingerprint density at radius 1 is 1.35 bits per heavy atom. The Labute approximate surface area is 148 Å². The van der Waals surface area contributed by atoms with Crippen LogP contribution in [0.1, 0.15) is 41.5 Å². The number of fused-ring (bicyclic) bond motifs is 1. The maximum atomic E-state index is 12.4. The Hall–Kier alpha value is -1.30. The van der Waals surface area contributed by atoms with E-state index in [1.165, 1.54) is 11.3 Å². The summed E-state index contributed by atoms with van der Waals surface area (Å²) in [6.07, 6.45) is 2.64. The van der Waals surface area contributed by atoms with Gasteiger partial charge in [0.2, 0.25) is 0 Å². The molecule has 0 saturated heterocycles. The molecule has 0 aromatic carbocycles. The van der Waals surface area contributed by atoms with E-state index in [4.69, 9.17) is 11.6 Å². The molecule has 0 saturated carbocycles. The fraction of sp³-hybridized carbons (Fsp3) is 0.353. The van der Waals surface area contributed by atoms with Gasteiger partial charge in [-0.25, -0.2) is 9.97 Å². The van der Waals surface area contributed by atoms with Crippen molar-refractivity contribution in [3.63, 3.8) is 0 Å². The molecule has 0 bridgehead atoms. The van der Waals surface area contributed by atoms with Crippen molar-refractivity contribution in [1.29, 1.82) is 0 Å². The van der Waals surface area contributed by atoms with E-state index in [1.54, 1.807) is 11.3 Å². The largest absolute Gasteiger partial charge is 0.299 e. The third-order valence-corrected chi connectivity index (χ3v) is 5.66. The van der Waals surface area contributed by atoms with E-state index in [-0.39, 0.29) is 5.78 Å². The van der Waals surface area contributed by atoms with E-state index in [0.717, 1.165) is 36.4 Å². The minimum atomic E-state index is 0.175. The average Bonchev–Trinajstić information content (AvgIpc) is 3.02. The van der Waals surface area contributed by atoms with Gasteiger partial charge in [-0.05, 0) is 41.0 Å². The number of rotatable bonds is 5. The van der Waals surface area contributed by atoms with Crippen LogP contribution < -0.4 is 0 Å². The van der Waals surface area contributed by atoms with Crippen molar-refractivity contribution < 1.29 is 4.79 Å². The summed E-state index contributed by atoms with van der Waals surface area (Å²) < 4.78 is 0.719. The third kappa shape index (κ3) is 3.62. The highest BCUT2D eigenvalue weighted by molar-refractivity contribution is 7.18. The Morgan fingerprint density at radius 3 is 2.78 bits per heavy atom. The molecule has 6 heteroatoms. The SMILES string of the molecule is Cc1nc2c(C(C)C)c(CC(=O)Cc3csc(Cl)c3)cnc2s1. The average molecular weight is 365 g/mol. The van der Waals surface area contributed by atoms with Gasteiger partial charge in [0, 0.05) is 19.0 Å². The van der Waals surface area contributed by atoms with Gasteiger partial charge in [-0.1, -0.05) is 36.8 Å². The summed E-state index contributed by atoms with van der Waals surface area (Å²) in [5.74, 6) is 0.481. The second kappa shape index (κ2) is 6.67. The van der Waals surface area contributed by atoms with Crippen molar-refractivity contribution in [2.24, 2.45) is 0 Å². The molecule has 0 atom stereocenters. The zero-order chi connectivity index (χ0) is 16.6. The number of ketones is 1. The highest BCUT2D eigenvalue weighted by Crippen LogP contribution is 2.31. The van der Waals surface area contributed by atoms with Gasteiger partial charge >= 0.3 is 0 Å². The normalized spacial score (nSPS) is 11.5. The third-order valence-electron chi connectivity index (χ3n) is 3.64. The van der Waals surface area contributed by atoms with Crippen molar-refractivity contribution in [3.8, 4) is 0 Å². The van der Waals surface area contributed by atoms with Gasteiger partial charge in [0.05, 0.1) is 9.34 Å². The van der Waals surface area contributed by atoms with Crippen LogP contribution in [0.4, 0.5) is 0 Å². The summed E-state index contributed by atoms with van der Waals surface area (Å²) in [5, 5.41) is 2.94. The first-order valence-corrected chi connectivity index (χ1v) is 9.51. The fourth-order valence-electron chi connectivity index (χ4n) is 2.76. The predicted molar refractivity (Wildman–Crippen MR) is 98.0 cm³/mol. The molecular formula is C17H17ClN2OS2. The van der Waals surface area contributed by atoms with E-state index >= 15 is 0 Å². The summed E-state index contributed by atoms with van der Waals surface area (Å²) in [6, 6.07) is 1.86. The van der Waals surface area contributed by atoms with Crippen LogP contribution in [0.2, 0.25) is 4.34 Å². The number of thiazole rings is 1. The van der Waals surface area contributed by atoms with E-state index in [9.17, 15) is 4.79 Å². The standard InChI is InChI=1S/C17H17ClN2OS2/c1-9(2)15-12(7-19-17-16(15)20-10(3)23-17)6-13(21)4-11-5-14(18)22-8-11/h5,7-9H,4,6H2,1-3H3. The lowest BCUT2D eigenvalue weighted by Gasteiger charge is -2.12. The molecule has 0 amide bonds. The van der Waals surface area contributed by atoms with Crippen LogP contribution in [0.25, 0.3) is 10.3 Å². The van der Waals surface area contributed by atoms with Crippen molar-refractivity contribution in [3.05, 3.63) is 43.7 Å². The van der Waals surface area contributed by atoms with E-state index in [0.29, 0.717) is 18.8 Å². The number of hydrogen-bond acceptors (Lipinski definition) is 5. The van der Waals surface area contributed by atoms with E-state index < -0.39 is 0 Å². The maximum Gasteiger partial charge on any atom is 0.143 e. The van der Waals surface area contributed by atoms with Gasteiger partial charge in [0.15, 0.2) is 0 Å². The van der Waals surface area contributed by atoms with Crippen LogP contribution >= 0.6 is 34.3 Å². The number of carbonyl (C=O) groups excluding carboxylic acids is 1. The van der Waals surface area contributed by atoms with Gasteiger partial charge in [-0.2, -0.15) is 0 Å². The Balaban J connectivity index is 1.89. The Morgan fingerprint density at radius 2 is 2.13 bits per heavy atom. The topological polar surface area (TPSA) is 42.9 Å². The van der Waals surface area contributed by atoms with Crippen molar-refractivity contribution in [2.75, 3.05) is 0 Å². The lowest BCUT2D eigenvalue weighted by molar-refractivity contribution is -0.117. The maximum absolute atomic E-state index is 12.4.